The highest BCUT2D eigenvalue weighted by molar-refractivity contribution is 7.83. The summed E-state index contributed by atoms with van der Waals surface area (Å²) in [5.41, 5.74) is 16.8. The van der Waals surface area contributed by atoms with Crippen molar-refractivity contribution >= 4 is 45.1 Å². The molecule has 7 atom stereocenters. The lowest BCUT2D eigenvalue weighted by Crippen LogP contribution is -2.88. The van der Waals surface area contributed by atoms with Gasteiger partial charge in [0.25, 0.3) is 5.91 Å². The molecule has 1 unspecified atom stereocenters. The number of primary amides is 1. The fraction of sp³-hybridized carbons (Fsp3) is 0.267. The largest absolute Gasteiger partial charge is 0.509 e. The van der Waals surface area contributed by atoms with Gasteiger partial charge in [-0.25, -0.2) is 4.21 Å². The monoisotopic (exact) mass is 646 g/mol. The first-order chi connectivity index (χ1) is 21.5. The number of aromatic amines is 1. The van der Waals surface area contributed by atoms with Gasteiger partial charge >= 0.3 is 0 Å². The van der Waals surface area contributed by atoms with Gasteiger partial charge in [0.2, 0.25) is 0 Å². The molecule has 0 spiro atoms. The van der Waals surface area contributed by atoms with E-state index in [1.807, 2.05) is 24.3 Å². The Morgan fingerprint density at radius 2 is 1.76 bits per heavy atom. The number of nitrogens with zero attached hydrogens (tertiary/aromatic N) is 2. The zero-order valence-corrected chi connectivity index (χ0v) is 25.3. The van der Waals surface area contributed by atoms with Gasteiger partial charge in [0, 0.05) is 16.5 Å². The number of para-hydroxylation sites is 1. The lowest BCUT2D eigenvalue weighted by atomic mass is 9.46. The number of hydrogen-bond acceptors (Lipinski definition) is 12. The summed E-state index contributed by atoms with van der Waals surface area (Å²) in [5, 5.41) is 50.5. The van der Waals surface area contributed by atoms with E-state index in [-0.39, 0.29) is 16.7 Å². The highest BCUT2D eigenvalue weighted by Gasteiger charge is 2.80. The first-order valence-corrected chi connectivity index (χ1v) is 15.1. The van der Waals surface area contributed by atoms with Gasteiger partial charge in [-0.2, -0.15) is 5.26 Å². The van der Waals surface area contributed by atoms with Crippen molar-refractivity contribution in [3.05, 3.63) is 70.5 Å². The minimum Gasteiger partial charge on any atom is -0.509 e. The number of aromatic hydroxyl groups is 1. The Morgan fingerprint density at radius 1 is 1.11 bits per heavy atom. The molecule has 238 valence electrons. The van der Waals surface area contributed by atoms with Gasteiger partial charge in [-0.05, 0) is 37.9 Å². The Hall–Kier alpha value is -4.89. The van der Waals surface area contributed by atoms with Crippen LogP contribution in [0.5, 0.6) is 5.75 Å². The van der Waals surface area contributed by atoms with Gasteiger partial charge in [0.05, 0.1) is 62.3 Å². The average Bonchev–Trinajstić information content (AvgIpc) is 3.39. The summed E-state index contributed by atoms with van der Waals surface area (Å²) in [4.78, 5) is 45.3. The summed E-state index contributed by atoms with van der Waals surface area (Å²) in [7, 11) is -0.0821. The maximum Gasteiger partial charge on any atom is 0.255 e. The molecule has 1 saturated carbocycles. The Morgan fingerprint density at radius 3 is 2.33 bits per heavy atom. The third-order valence-corrected chi connectivity index (χ3v) is 10.8. The molecule has 3 aromatic rings. The molecule has 3 aliphatic carbocycles. The predicted octanol–water partition coefficient (Wildman–Crippen LogP) is -0.888. The first kappa shape index (κ1) is 31.1. The van der Waals surface area contributed by atoms with Crippen LogP contribution in [0.15, 0.2) is 59.4 Å². The number of rotatable bonds is 4. The number of phenols is 1. The standard InChI is InChI=1S/C30H30N8O7S/c1-38(2)23-21(41)17(26(33)44)24(42)28(10-31)25(43)18-20(40)16-13(22(32)29(18,34)27(46(36)45)30(23,28)35)8-7-12(19(16)39)15-9-11-5-3-4-6-14(11)37-15/h3-9,22-23,27,37,39-40,42H,32,34-36H2,1-2H3,(H2,33,44)/t22-,23+,27-,28-,29+,30-,46?/m0/s1. The third kappa shape index (κ3) is 3.41. The minimum absolute atomic E-state index is 0.00135. The van der Waals surface area contributed by atoms with Crippen LogP contribution in [0.2, 0.25) is 0 Å². The van der Waals surface area contributed by atoms with Crippen LogP contribution < -0.4 is 28.1 Å². The van der Waals surface area contributed by atoms with E-state index in [0.717, 1.165) is 15.8 Å². The van der Waals surface area contributed by atoms with E-state index in [1.54, 1.807) is 12.1 Å². The molecule has 0 aliphatic heterocycles. The van der Waals surface area contributed by atoms with Gasteiger partial charge in [-0.15, -0.1) is 0 Å². The Bertz CT molecular complexity index is 2030. The molecule has 46 heavy (non-hydrogen) atoms. The second-order valence-corrected chi connectivity index (χ2v) is 13.1. The number of nitriles is 1. The quantitative estimate of drug-likeness (QED) is 0.156. The van der Waals surface area contributed by atoms with Crippen molar-refractivity contribution in [3.63, 3.8) is 0 Å². The maximum absolute atomic E-state index is 14.8. The summed E-state index contributed by atoms with van der Waals surface area (Å²) >= 11 is 0. The number of aliphatic hydroxyl groups is 2. The number of fused-ring (bicyclic) bond motifs is 4. The number of phenolic OH excluding ortho intramolecular Hbond substituents is 1. The summed E-state index contributed by atoms with van der Waals surface area (Å²) in [6.45, 7) is 0. The van der Waals surface area contributed by atoms with Crippen LogP contribution in [0.3, 0.4) is 0 Å². The molecule has 0 saturated heterocycles. The van der Waals surface area contributed by atoms with Crippen LogP contribution in [0.4, 0.5) is 0 Å². The van der Waals surface area contributed by atoms with E-state index in [1.165, 1.54) is 26.2 Å². The molecule has 1 aromatic heterocycles. The maximum atomic E-state index is 14.8. The third-order valence-electron chi connectivity index (χ3n) is 9.57. The van der Waals surface area contributed by atoms with E-state index in [2.05, 4.69) is 4.98 Å². The number of nitrogens with two attached hydrogens (primary N) is 5. The van der Waals surface area contributed by atoms with E-state index in [9.17, 15) is 39.2 Å². The number of amides is 1. The van der Waals surface area contributed by atoms with E-state index in [4.69, 9.17) is 28.1 Å². The lowest BCUT2D eigenvalue weighted by Gasteiger charge is -2.63. The molecular formula is C30H30N8O7S. The molecule has 1 fully saturated rings. The molecule has 2 aromatic carbocycles. The normalized spacial score (nSPS) is 31.4. The Labute approximate surface area is 263 Å². The van der Waals surface area contributed by atoms with Crippen LogP contribution >= 0.6 is 0 Å². The van der Waals surface area contributed by atoms with Crippen molar-refractivity contribution < 1.29 is 33.9 Å². The van der Waals surface area contributed by atoms with Gasteiger partial charge in [0.15, 0.2) is 17.0 Å². The zero-order valence-electron chi connectivity index (χ0n) is 24.4. The SMILES string of the molecule is CN(C)[C@@H]1C(=O)C(C(N)=O)=C(O)[C@@]2(C#N)C(=O)C3=C(O)c4c(ccc(-c5cc6ccccc6[nH]5)c4O)[C@H](N)[C@@]3(N)[C@H](S(N)=O)[C@@]12N. The summed E-state index contributed by atoms with van der Waals surface area (Å²) < 4.78 is 13.6. The lowest BCUT2D eigenvalue weighted by molar-refractivity contribution is -0.139. The summed E-state index contributed by atoms with van der Waals surface area (Å²) in [5.74, 6) is -7.00. The molecule has 14 N–H and O–H groups in total. The van der Waals surface area contributed by atoms with Crippen molar-refractivity contribution in [3.8, 4) is 23.1 Å². The molecule has 3 aliphatic rings. The van der Waals surface area contributed by atoms with Crippen molar-refractivity contribution in [1.29, 1.82) is 5.26 Å². The molecular weight excluding hydrogens is 616 g/mol. The van der Waals surface area contributed by atoms with Gasteiger partial charge < -0.3 is 43.2 Å². The second-order valence-electron chi connectivity index (χ2n) is 12.0. The van der Waals surface area contributed by atoms with Gasteiger partial charge in [0.1, 0.15) is 22.8 Å². The molecule has 6 rings (SSSR count). The Balaban J connectivity index is 1.73. The first-order valence-electron chi connectivity index (χ1n) is 13.8. The summed E-state index contributed by atoms with van der Waals surface area (Å²) in [6, 6.07) is 10.2. The predicted molar refractivity (Wildman–Crippen MR) is 166 cm³/mol. The summed E-state index contributed by atoms with van der Waals surface area (Å²) in [6.07, 6.45) is 0. The molecule has 16 heteroatoms. The van der Waals surface area contributed by atoms with Gasteiger partial charge in [-0.1, -0.05) is 24.3 Å². The van der Waals surface area contributed by atoms with Crippen LogP contribution in [0, 0.1) is 16.7 Å². The number of benzene rings is 2. The number of carbonyl (C=O) groups excluding carboxylic acids is 3. The van der Waals surface area contributed by atoms with Crippen LogP contribution in [0.25, 0.3) is 27.9 Å². The molecule has 0 radical (unpaired) electrons. The Kier molecular flexibility index (Phi) is 6.63. The van der Waals surface area contributed by atoms with Gasteiger partial charge in [-0.3, -0.25) is 24.4 Å². The van der Waals surface area contributed by atoms with Crippen LogP contribution in [-0.2, 0) is 25.4 Å². The molecule has 0 bridgehead atoms. The number of nitrogens with one attached hydrogen (secondary N) is 1. The smallest absolute Gasteiger partial charge is 0.255 e. The van der Waals surface area contributed by atoms with Crippen molar-refractivity contribution in [1.82, 2.24) is 9.88 Å². The van der Waals surface area contributed by atoms with Crippen LogP contribution in [0.1, 0.15) is 17.2 Å². The van der Waals surface area contributed by atoms with Crippen LogP contribution in [-0.4, -0.2) is 83.4 Å². The molecule has 15 nitrogen and oxygen atoms in total. The number of aliphatic hydroxyl groups excluding tert-OH is 2. The minimum atomic E-state index is -3.09. The second kappa shape index (κ2) is 9.80. The van der Waals surface area contributed by atoms with Crippen molar-refractivity contribution in [2.45, 2.75) is 28.4 Å². The number of likely N-dealkylation sites (N-methyl/N-ethyl adjacent to an activating group) is 1. The highest BCUT2D eigenvalue weighted by atomic mass is 32.2. The number of carbonyl (C=O) groups is 3. The number of Topliss-reactive ketones (excluding diaryl/α,β-unsaturated/α-hetero) is 2. The van der Waals surface area contributed by atoms with Crippen molar-refractivity contribution in [2.24, 2.45) is 33.5 Å². The number of hydrogen-bond donors (Lipinski definition) is 9. The fourth-order valence-corrected chi connectivity index (χ4v) is 9.01. The molecule has 1 heterocycles. The van der Waals surface area contributed by atoms with E-state index >= 15 is 0 Å². The number of H-pyrrole nitrogens is 1. The zero-order chi connectivity index (χ0) is 33.8. The van der Waals surface area contributed by atoms with E-state index in [0.29, 0.717) is 5.69 Å². The molecule has 1 amide bonds. The topological polar surface area (TPSA) is 302 Å². The van der Waals surface area contributed by atoms with E-state index < -0.39 is 90.7 Å². The average molecular weight is 647 g/mol. The number of aromatic nitrogens is 1. The van der Waals surface area contributed by atoms with Crippen molar-refractivity contribution in [2.75, 3.05) is 14.1 Å². The number of ketones is 2. The highest BCUT2D eigenvalue weighted by Crippen LogP contribution is 2.61. The fourth-order valence-electron chi connectivity index (χ4n) is 7.67.